The van der Waals surface area contributed by atoms with Crippen molar-refractivity contribution < 1.29 is 9.59 Å². The van der Waals surface area contributed by atoms with E-state index >= 15 is 0 Å². The number of rotatable bonds is 4. The quantitative estimate of drug-likeness (QED) is 0.762. The number of carbonyl (C=O) groups is 2. The van der Waals surface area contributed by atoms with E-state index in [2.05, 4.69) is 5.32 Å². The van der Waals surface area contributed by atoms with Crippen molar-refractivity contribution in [1.82, 2.24) is 5.32 Å². The number of benzene rings is 1. The molecular weight excluding hydrogens is 190 g/mol. The normalized spacial score (nSPS) is 11.9. The zero-order valence-electron chi connectivity index (χ0n) is 8.99. The number of nitrogens with one attached hydrogen (secondary N) is 1. The maximum absolute atomic E-state index is 11.3. The molecule has 80 valence electrons. The van der Waals surface area contributed by atoms with Gasteiger partial charge in [-0.05, 0) is 19.4 Å². The average Bonchev–Trinajstić information content (AvgIpc) is 2.17. The molecule has 0 radical (unpaired) electrons. The third-order valence-corrected chi connectivity index (χ3v) is 2.09. The fraction of sp³-hybridized carbons (Fsp3) is 0.333. The molecule has 0 saturated heterocycles. The van der Waals surface area contributed by atoms with Gasteiger partial charge in [-0.1, -0.05) is 30.3 Å². The summed E-state index contributed by atoms with van der Waals surface area (Å²) in [5.41, 5.74) is 1.04. The summed E-state index contributed by atoms with van der Waals surface area (Å²) in [4.78, 5) is 22.0. The molecule has 0 aliphatic rings. The first kappa shape index (κ1) is 11.4. The molecule has 0 aliphatic carbocycles. The lowest BCUT2D eigenvalue weighted by molar-refractivity contribution is -0.127. The van der Waals surface area contributed by atoms with Gasteiger partial charge in [-0.15, -0.1) is 0 Å². The van der Waals surface area contributed by atoms with E-state index in [1.165, 1.54) is 6.92 Å². The second-order valence-corrected chi connectivity index (χ2v) is 3.58. The van der Waals surface area contributed by atoms with Crippen molar-refractivity contribution in [2.24, 2.45) is 0 Å². The molecule has 15 heavy (non-hydrogen) atoms. The first-order chi connectivity index (χ1) is 7.09. The van der Waals surface area contributed by atoms with Gasteiger partial charge in [-0.3, -0.25) is 9.59 Å². The van der Waals surface area contributed by atoms with Crippen molar-refractivity contribution in [3.8, 4) is 0 Å². The highest BCUT2D eigenvalue weighted by Gasteiger charge is 2.10. The average molecular weight is 205 g/mol. The number of Topliss-reactive ketones (excluding diaryl/α,β-unsaturated/α-hetero) is 1. The summed E-state index contributed by atoms with van der Waals surface area (Å²) in [6, 6.07) is 9.59. The van der Waals surface area contributed by atoms with Crippen LogP contribution in [-0.4, -0.2) is 11.7 Å². The van der Waals surface area contributed by atoms with E-state index in [0.29, 0.717) is 0 Å². The summed E-state index contributed by atoms with van der Waals surface area (Å²) in [5.74, 6) is -0.341. The third kappa shape index (κ3) is 3.94. The summed E-state index contributed by atoms with van der Waals surface area (Å²) >= 11 is 0. The molecule has 0 saturated carbocycles. The minimum atomic E-state index is -0.223. The highest BCUT2D eigenvalue weighted by Crippen LogP contribution is 2.10. The molecule has 0 bridgehead atoms. The van der Waals surface area contributed by atoms with Crippen LogP contribution in [0.5, 0.6) is 0 Å². The Morgan fingerprint density at radius 2 is 1.87 bits per heavy atom. The Kier molecular flexibility index (Phi) is 4.03. The van der Waals surface area contributed by atoms with Crippen molar-refractivity contribution in [3.05, 3.63) is 35.9 Å². The Morgan fingerprint density at radius 3 is 2.40 bits per heavy atom. The monoisotopic (exact) mass is 205 g/mol. The molecule has 1 N–H and O–H groups in total. The van der Waals surface area contributed by atoms with Gasteiger partial charge in [-0.25, -0.2) is 0 Å². The summed E-state index contributed by atoms with van der Waals surface area (Å²) in [6.45, 7) is 3.31. The van der Waals surface area contributed by atoms with Crippen molar-refractivity contribution in [3.63, 3.8) is 0 Å². The molecule has 0 aliphatic heterocycles. The molecule has 3 heteroatoms. The van der Waals surface area contributed by atoms with Crippen molar-refractivity contribution in [1.29, 1.82) is 0 Å². The summed E-state index contributed by atoms with van der Waals surface area (Å²) in [6.07, 6.45) is -0.0445. The molecule has 0 spiro atoms. The summed E-state index contributed by atoms with van der Waals surface area (Å²) in [5, 5.41) is 2.77. The van der Waals surface area contributed by atoms with E-state index in [-0.39, 0.29) is 24.2 Å². The fourth-order valence-corrected chi connectivity index (χ4v) is 1.34. The van der Waals surface area contributed by atoms with Crippen LogP contribution in [0.15, 0.2) is 30.3 Å². The van der Waals surface area contributed by atoms with Crippen LogP contribution >= 0.6 is 0 Å². The lowest BCUT2D eigenvalue weighted by Gasteiger charge is -2.13. The first-order valence-corrected chi connectivity index (χ1v) is 4.93. The van der Waals surface area contributed by atoms with Gasteiger partial charge in [0.1, 0.15) is 5.78 Å². The van der Waals surface area contributed by atoms with E-state index in [0.717, 1.165) is 5.56 Å². The highest BCUT2D eigenvalue weighted by molar-refractivity contribution is 5.96. The number of carbonyl (C=O) groups excluding carboxylic acids is 2. The number of ketones is 1. The summed E-state index contributed by atoms with van der Waals surface area (Å²) < 4.78 is 0. The standard InChI is InChI=1S/C12H15NO2/c1-9(14)8-12(15)13-10(2)11-6-4-3-5-7-11/h3-7,10H,8H2,1-2H3,(H,13,15). The lowest BCUT2D eigenvalue weighted by atomic mass is 10.1. The molecule has 1 rings (SSSR count). The third-order valence-electron chi connectivity index (χ3n) is 2.09. The second kappa shape index (κ2) is 5.29. The van der Waals surface area contributed by atoms with Crippen molar-refractivity contribution >= 4 is 11.7 Å². The van der Waals surface area contributed by atoms with Crippen LogP contribution in [0.2, 0.25) is 0 Å². The van der Waals surface area contributed by atoms with Gasteiger partial charge in [0, 0.05) is 0 Å². The van der Waals surface area contributed by atoms with E-state index in [9.17, 15) is 9.59 Å². The Labute approximate surface area is 89.5 Å². The highest BCUT2D eigenvalue weighted by atomic mass is 16.2. The molecule has 1 atom stereocenters. The minimum Gasteiger partial charge on any atom is -0.349 e. The van der Waals surface area contributed by atoms with Gasteiger partial charge in [0.15, 0.2) is 0 Å². The van der Waals surface area contributed by atoms with Gasteiger partial charge in [0.05, 0.1) is 12.5 Å². The van der Waals surface area contributed by atoms with E-state index in [1.54, 1.807) is 0 Å². The van der Waals surface area contributed by atoms with Crippen molar-refractivity contribution in [2.75, 3.05) is 0 Å². The number of hydrogen-bond acceptors (Lipinski definition) is 2. The van der Waals surface area contributed by atoms with E-state index in [1.807, 2.05) is 37.3 Å². The van der Waals surface area contributed by atoms with Crippen LogP contribution in [-0.2, 0) is 9.59 Å². The largest absolute Gasteiger partial charge is 0.349 e. The van der Waals surface area contributed by atoms with Crippen LogP contribution in [0.1, 0.15) is 31.9 Å². The molecule has 1 amide bonds. The smallest absolute Gasteiger partial charge is 0.227 e. The Hall–Kier alpha value is -1.64. The lowest BCUT2D eigenvalue weighted by Crippen LogP contribution is -2.27. The maximum atomic E-state index is 11.3. The molecule has 0 aromatic heterocycles. The van der Waals surface area contributed by atoms with Gasteiger partial charge in [0.25, 0.3) is 0 Å². The zero-order valence-corrected chi connectivity index (χ0v) is 8.99. The predicted molar refractivity (Wildman–Crippen MR) is 58.3 cm³/mol. The Morgan fingerprint density at radius 1 is 1.27 bits per heavy atom. The predicted octanol–water partition coefficient (Wildman–Crippen LogP) is 1.84. The number of hydrogen-bond donors (Lipinski definition) is 1. The van der Waals surface area contributed by atoms with Gasteiger partial charge < -0.3 is 5.32 Å². The second-order valence-electron chi connectivity index (χ2n) is 3.58. The van der Waals surface area contributed by atoms with Gasteiger partial charge in [-0.2, -0.15) is 0 Å². The Balaban J connectivity index is 2.53. The Bertz CT molecular complexity index is 346. The molecule has 0 fully saturated rings. The number of amides is 1. The van der Waals surface area contributed by atoms with Crippen molar-refractivity contribution in [2.45, 2.75) is 26.3 Å². The van der Waals surface area contributed by atoms with Crippen LogP contribution in [0, 0.1) is 0 Å². The molecular formula is C12H15NO2. The van der Waals surface area contributed by atoms with Gasteiger partial charge >= 0.3 is 0 Å². The van der Waals surface area contributed by atoms with Crippen LogP contribution in [0.4, 0.5) is 0 Å². The van der Waals surface area contributed by atoms with Crippen LogP contribution in [0.25, 0.3) is 0 Å². The summed E-state index contributed by atoms with van der Waals surface area (Å²) in [7, 11) is 0. The van der Waals surface area contributed by atoms with E-state index < -0.39 is 0 Å². The fourth-order valence-electron chi connectivity index (χ4n) is 1.34. The van der Waals surface area contributed by atoms with Gasteiger partial charge in [0.2, 0.25) is 5.91 Å². The molecule has 0 heterocycles. The maximum Gasteiger partial charge on any atom is 0.227 e. The molecule has 1 unspecified atom stereocenters. The molecule has 1 aromatic carbocycles. The van der Waals surface area contributed by atoms with Crippen LogP contribution < -0.4 is 5.32 Å². The minimum absolute atomic E-state index is 0.0445. The SMILES string of the molecule is CC(=O)CC(=O)NC(C)c1ccccc1. The molecule has 3 nitrogen and oxygen atoms in total. The van der Waals surface area contributed by atoms with Crippen LogP contribution in [0.3, 0.4) is 0 Å². The van der Waals surface area contributed by atoms with E-state index in [4.69, 9.17) is 0 Å². The first-order valence-electron chi connectivity index (χ1n) is 4.93. The topological polar surface area (TPSA) is 46.2 Å². The molecule has 1 aromatic rings. The zero-order chi connectivity index (χ0) is 11.3.